The Labute approximate surface area is 93.6 Å². The van der Waals surface area contributed by atoms with Crippen LogP contribution in [0.25, 0.3) is 0 Å². The molecule has 0 aliphatic rings. The lowest BCUT2D eigenvalue weighted by molar-refractivity contribution is -0.121. The van der Waals surface area contributed by atoms with E-state index in [1.54, 1.807) is 0 Å². The van der Waals surface area contributed by atoms with Crippen LogP contribution < -0.4 is 5.32 Å². The van der Waals surface area contributed by atoms with Crippen molar-refractivity contribution in [2.24, 2.45) is 0 Å². The second kappa shape index (κ2) is 11.5. The molecule has 0 heterocycles. The van der Waals surface area contributed by atoms with Gasteiger partial charge in [-0.05, 0) is 26.2 Å². The van der Waals surface area contributed by atoms with E-state index in [4.69, 9.17) is 4.74 Å². The molecule has 0 radical (unpaired) electrons. The van der Waals surface area contributed by atoms with E-state index in [1.807, 2.05) is 6.92 Å². The first kappa shape index (κ1) is 14.4. The molecule has 3 nitrogen and oxygen atoms in total. The summed E-state index contributed by atoms with van der Waals surface area (Å²) in [4.78, 5) is 11.3. The fraction of sp³-hybridized carbons (Fsp3) is 0.917. The molecule has 0 bridgehead atoms. The van der Waals surface area contributed by atoms with Crippen LogP contribution in [0, 0.1) is 0 Å². The van der Waals surface area contributed by atoms with E-state index in [9.17, 15) is 4.79 Å². The van der Waals surface area contributed by atoms with Crippen molar-refractivity contribution in [1.82, 2.24) is 5.32 Å². The molecular formula is C12H25NO2. The summed E-state index contributed by atoms with van der Waals surface area (Å²) in [7, 11) is 0. The SMILES string of the molecule is CCCCCC(=O)NCCCCOCC. The van der Waals surface area contributed by atoms with Crippen LogP contribution in [0.4, 0.5) is 0 Å². The van der Waals surface area contributed by atoms with E-state index in [0.717, 1.165) is 45.4 Å². The Bertz CT molecular complexity index is 149. The molecule has 0 atom stereocenters. The van der Waals surface area contributed by atoms with Gasteiger partial charge in [0.1, 0.15) is 0 Å². The lowest BCUT2D eigenvalue weighted by atomic mass is 10.2. The first-order valence-electron chi connectivity index (χ1n) is 6.15. The summed E-state index contributed by atoms with van der Waals surface area (Å²) >= 11 is 0. The van der Waals surface area contributed by atoms with E-state index >= 15 is 0 Å². The van der Waals surface area contributed by atoms with E-state index < -0.39 is 0 Å². The highest BCUT2D eigenvalue weighted by atomic mass is 16.5. The number of carbonyl (C=O) groups excluding carboxylic acids is 1. The minimum atomic E-state index is 0.194. The summed E-state index contributed by atoms with van der Waals surface area (Å²) in [5.74, 6) is 0.194. The van der Waals surface area contributed by atoms with E-state index in [-0.39, 0.29) is 5.91 Å². The fourth-order valence-electron chi connectivity index (χ4n) is 1.33. The molecule has 90 valence electrons. The van der Waals surface area contributed by atoms with Crippen molar-refractivity contribution in [3.05, 3.63) is 0 Å². The zero-order chi connectivity index (χ0) is 11.4. The second-order valence-electron chi connectivity index (χ2n) is 3.71. The van der Waals surface area contributed by atoms with Gasteiger partial charge >= 0.3 is 0 Å². The van der Waals surface area contributed by atoms with Crippen LogP contribution in [0.15, 0.2) is 0 Å². The van der Waals surface area contributed by atoms with Crippen LogP contribution in [0.3, 0.4) is 0 Å². The van der Waals surface area contributed by atoms with Gasteiger partial charge in [0.15, 0.2) is 0 Å². The zero-order valence-corrected chi connectivity index (χ0v) is 10.2. The quantitative estimate of drug-likeness (QED) is 0.569. The molecule has 0 aliphatic heterocycles. The molecule has 1 amide bonds. The van der Waals surface area contributed by atoms with Crippen molar-refractivity contribution < 1.29 is 9.53 Å². The molecule has 0 aromatic heterocycles. The summed E-state index contributed by atoms with van der Waals surface area (Å²) in [6.07, 6.45) is 6.06. The van der Waals surface area contributed by atoms with Crippen LogP contribution in [-0.4, -0.2) is 25.7 Å². The minimum Gasteiger partial charge on any atom is -0.382 e. The summed E-state index contributed by atoms with van der Waals surface area (Å²) < 4.78 is 5.21. The second-order valence-corrected chi connectivity index (χ2v) is 3.71. The molecule has 15 heavy (non-hydrogen) atoms. The Morgan fingerprint density at radius 3 is 2.60 bits per heavy atom. The summed E-state index contributed by atoms with van der Waals surface area (Å²) in [6, 6.07) is 0. The molecule has 0 saturated heterocycles. The van der Waals surface area contributed by atoms with Gasteiger partial charge in [-0.15, -0.1) is 0 Å². The van der Waals surface area contributed by atoms with Gasteiger partial charge in [-0.25, -0.2) is 0 Å². The predicted molar refractivity (Wildman–Crippen MR) is 62.9 cm³/mol. The maximum Gasteiger partial charge on any atom is 0.219 e. The lowest BCUT2D eigenvalue weighted by Gasteiger charge is -2.04. The van der Waals surface area contributed by atoms with Crippen LogP contribution in [0.5, 0.6) is 0 Å². The van der Waals surface area contributed by atoms with Crippen molar-refractivity contribution >= 4 is 5.91 Å². The molecule has 0 spiro atoms. The summed E-state index contributed by atoms with van der Waals surface area (Å²) in [5.41, 5.74) is 0. The van der Waals surface area contributed by atoms with Gasteiger partial charge in [0.05, 0.1) is 0 Å². The Kier molecular flexibility index (Phi) is 11.1. The third kappa shape index (κ3) is 11.4. The number of hydrogen-bond acceptors (Lipinski definition) is 2. The van der Waals surface area contributed by atoms with Gasteiger partial charge in [0.2, 0.25) is 5.91 Å². The molecule has 0 fully saturated rings. The molecule has 0 aromatic carbocycles. The van der Waals surface area contributed by atoms with Gasteiger partial charge < -0.3 is 10.1 Å². The molecular weight excluding hydrogens is 190 g/mol. The zero-order valence-electron chi connectivity index (χ0n) is 10.2. The Morgan fingerprint density at radius 1 is 1.13 bits per heavy atom. The summed E-state index contributed by atoms with van der Waals surface area (Å²) in [6.45, 7) is 6.52. The highest BCUT2D eigenvalue weighted by molar-refractivity contribution is 5.75. The Hall–Kier alpha value is -0.570. The smallest absolute Gasteiger partial charge is 0.219 e. The maximum absolute atomic E-state index is 11.3. The van der Waals surface area contributed by atoms with Crippen molar-refractivity contribution in [2.75, 3.05) is 19.8 Å². The standard InChI is InChI=1S/C12H25NO2/c1-3-5-6-9-12(14)13-10-7-8-11-15-4-2/h3-11H2,1-2H3,(H,13,14). The van der Waals surface area contributed by atoms with Gasteiger partial charge in [-0.2, -0.15) is 0 Å². The van der Waals surface area contributed by atoms with E-state index in [1.165, 1.54) is 6.42 Å². The van der Waals surface area contributed by atoms with Crippen molar-refractivity contribution in [3.63, 3.8) is 0 Å². The van der Waals surface area contributed by atoms with Crippen LogP contribution in [-0.2, 0) is 9.53 Å². The van der Waals surface area contributed by atoms with Gasteiger partial charge in [0.25, 0.3) is 0 Å². The average Bonchev–Trinajstić information content (AvgIpc) is 2.23. The van der Waals surface area contributed by atoms with Gasteiger partial charge in [0, 0.05) is 26.2 Å². The largest absolute Gasteiger partial charge is 0.382 e. The van der Waals surface area contributed by atoms with E-state index in [2.05, 4.69) is 12.2 Å². The third-order valence-corrected chi connectivity index (χ3v) is 2.25. The van der Waals surface area contributed by atoms with Crippen molar-refractivity contribution in [2.45, 2.75) is 52.4 Å². The average molecular weight is 215 g/mol. The highest BCUT2D eigenvalue weighted by Crippen LogP contribution is 1.98. The molecule has 3 heteroatoms. The number of hydrogen-bond donors (Lipinski definition) is 1. The lowest BCUT2D eigenvalue weighted by Crippen LogP contribution is -2.24. The normalized spacial score (nSPS) is 10.3. The molecule has 0 unspecified atom stereocenters. The van der Waals surface area contributed by atoms with Crippen LogP contribution in [0.2, 0.25) is 0 Å². The molecule has 0 aliphatic carbocycles. The molecule has 0 saturated carbocycles. The number of carbonyl (C=O) groups is 1. The topological polar surface area (TPSA) is 38.3 Å². The molecule has 0 rings (SSSR count). The van der Waals surface area contributed by atoms with Gasteiger partial charge in [-0.3, -0.25) is 4.79 Å². The highest BCUT2D eigenvalue weighted by Gasteiger charge is 1.99. The van der Waals surface area contributed by atoms with Gasteiger partial charge in [-0.1, -0.05) is 19.8 Å². The number of ether oxygens (including phenoxy) is 1. The Morgan fingerprint density at radius 2 is 1.93 bits per heavy atom. The molecule has 0 aromatic rings. The monoisotopic (exact) mass is 215 g/mol. The predicted octanol–water partition coefficient (Wildman–Crippen LogP) is 2.50. The number of unbranched alkanes of at least 4 members (excludes halogenated alkanes) is 3. The first-order chi connectivity index (χ1) is 7.31. The number of amides is 1. The number of nitrogens with one attached hydrogen (secondary N) is 1. The van der Waals surface area contributed by atoms with Crippen LogP contribution in [0.1, 0.15) is 52.4 Å². The number of rotatable bonds is 10. The van der Waals surface area contributed by atoms with E-state index in [0.29, 0.717) is 6.42 Å². The minimum absolute atomic E-state index is 0.194. The van der Waals surface area contributed by atoms with Crippen molar-refractivity contribution in [1.29, 1.82) is 0 Å². The Balaban J connectivity index is 3.10. The van der Waals surface area contributed by atoms with Crippen LogP contribution >= 0.6 is 0 Å². The fourth-order valence-corrected chi connectivity index (χ4v) is 1.33. The third-order valence-electron chi connectivity index (χ3n) is 2.25. The first-order valence-corrected chi connectivity index (χ1v) is 6.15. The molecule has 1 N–H and O–H groups in total. The van der Waals surface area contributed by atoms with Crippen molar-refractivity contribution in [3.8, 4) is 0 Å². The maximum atomic E-state index is 11.3. The summed E-state index contributed by atoms with van der Waals surface area (Å²) in [5, 5.41) is 2.92.